The van der Waals surface area contributed by atoms with E-state index < -0.39 is 10.0 Å². The summed E-state index contributed by atoms with van der Waals surface area (Å²) in [5, 5.41) is 2.85. The van der Waals surface area contributed by atoms with Crippen LogP contribution in [0.15, 0.2) is 47.5 Å². The van der Waals surface area contributed by atoms with E-state index in [0.717, 1.165) is 24.1 Å². The summed E-state index contributed by atoms with van der Waals surface area (Å²) in [5.74, 6) is 0.376. The summed E-state index contributed by atoms with van der Waals surface area (Å²) >= 11 is 0. The van der Waals surface area contributed by atoms with E-state index in [9.17, 15) is 8.42 Å². The lowest BCUT2D eigenvalue weighted by atomic mass is 10.0. The summed E-state index contributed by atoms with van der Waals surface area (Å²) in [6.07, 6.45) is 3.31. The van der Waals surface area contributed by atoms with Gasteiger partial charge in [0, 0.05) is 19.8 Å². The third-order valence-corrected chi connectivity index (χ3v) is 5.49. The van der Waals surface area contributed by atoms with Crippen molar-refractivity contribution >= 4 is 21.5 Å². The van der Waals surface area contributed by atoms with Crippen molar-refractivity contribution in [2.45, 2.75) is 17.7 Å². The largest absolute Gasteiger partial charge is 0.372 e. The summed E-state index contributed by atoms with van der Waals surface area (Å²) in [6, 6.07) is 10.9. The van der Waals surface area contributed by atoms with E-state index >= 15 is 0 Å². The molecule has 1 aromatic heterocycles. The second-order valence-electron chi connectivity index (χ2n) is 4.91. The van der Waals surface area contributed by atoms with Gasteiger partial charge >= 0.3 is 0 Å². The van der Waals surface area contributed by atoms with Crippen LogP contribution in [0.25, 0.3) is 0 Å². The lowest BCUT2D eigenvalue weighted by molar-refractivity contribution is 0.586. The third kappa shape index (κ3) is 2.35. The number of anilines is 2. The van der Waals surface area contributed by atoms with Gasteiger partial charge in [-0.25, -0.2) is 13.4 Å². The molecule has 0 atom stereocenters. The van der Waals surface area contributed by atoms with E-state index in [2.05, 4.69) is 10.3 Å². The maximum atomic E-state index is 13.0. The minimum absolute atomic E-state index is 0.212. The van der Waals surface area contributed by atoms with Crippen LogP contribution in [0.1, 0.15) is 12.0 Å². The highest BCUT2D eigenvalue weighted by molar-refractivity contribution is 7.93. The topological polar surface area (TPSA) is 62.3 Å². The van der Waals surface area contributed by atoms with Gasteiger partial charge in [-0.3, -0.25) is 4.31 Å². The zero-order valence-corrected chi connectivity index (χ0v) is 12.6. The first-order valence-corrected chi connectivity index (χ1v) is 8.32. The van der Waals surface area contributed by atoms with Crippen LogP contribution in [0.5, 0.6) is 0 Å². The Hall–Kier alpha value is -2.08. The smallest absolute Gasteiger partial charge is 0.268 e. The van der Waals surface area contributed by atoms with Crippen molar-refractivity contribution < 1.29 is 8.42 Å². The van der Waals surface area contributed by atoms with Gasteiger partial charge in [-0.05, 0) is 36.6 Å². The molecule has 0 saturated heterocycles. The Bertz CT molecular complexity index is 759. The number of nitrogens with zero attached hydrogens (tertiary/aromatic N) is 2. The molecule has 0 amide bonds. The summed E-state index contributed by atoms with van der Waals surface area (Å²) in [7, 11) is -1.94. The number of fused-ring (bicyclic) bond motifs is 1. The molecule has 21 heavy (non-hydrogen) atoms. The van der Waals surface area contributed by atoms with Crippen LogP contribution >= 0.6 is 0 Å². The number of benzene rings is 1. The molecule has 0 spiro atoms. The van der Waals surface area contributed by atoms with Gasteiger partial charge in [0.1, 0.15) is 10.7 Å². The number of para-hydroxylation sites is 1. The van der Waals surface area contributed by atoms with Crippen molar-refractivity contribution in [2.75, 3.05) is 23.2 Å². The van der Waals surface area contributed by atoms with Crippen molar-refractivity contribution in [1.29, 1.82) is 0 Å². The van der Waals surface area contributed by atoms with E-state index in [1.54, 1.807) is 25.4 Å². The fourth-order valence-corrected chi connectivity index (χ4v) is 4.35. The first-order valence-electron chi connectivity index (χ1n) is 6.88. The standard InChI is InChI=1S/C15H17N3O2S/c1-16-15-14(9-4-10-17-15)21(19,20)18-11-5-7-12-6-2-3-8-13(12)18/h2-4,6,8-10H,5,7,11H2,1H3,(H,16,17). The fraction of sp³-hybridized carbons (Fsp3) is 0.267. The quantitative estimate of drug-likeness (QED) is 0.945. The van der Waals surface area contributed by atoms with Crippen LogP contribution in [0.4, 0.5) is 11.5 Å². The van der Waals surface area contributed by atoms with Crippen molar-refractivity contribution in [3.05, 3.63) is 48.2 Å². The molecule has 0 saturated carbocycles. The van der Waals surface area contributed by atoms with Crippen LogP contribution in [0, 0.1) is 0 Å². The summed E-state index contributed by atoms with van der Waals surface area (Å²) in [6.45, 7) is 0.497. The van der Waals surface area contributed by atoms with Gasteiger partial charge in [0.15, 0.2) is 0 Å². The SMILES string of the molecule is CNc1ncccc1S(=O)(=O)N1CCCc2ccccc21. The number of hydrogen-bond acceptors (Lipinski definition) is 4. The van der Waals surface area contributed by atoms with E-state index in [-0.39, 0.29) is 4.90 Å². The minimum atomic E-state index is -3.61. The molecule has 0 bridgehead atoms. The van der Waals surface area contributed by atoms with Gasteiger partial charge in [0.05, 0.1) is 5.69 Å². The predicted octanol–water partition coefficient (Wildman–Crippen LogP) is 2.26. The zero-order chi connectivity index (χ0) is 14.9. The molecule has 2 heterocycles. The van der Waals surface area contributed by atoms with Gasteiger partial charge in [0.25, 0.3) is 10.0 Å². The van der Waals surface area contributed by atoms with Gasteiger partial charge in [0.2, 0.25) is 0 Å². The Balaban J connectivity index is 2.12. The molecule has 3 rings (SSSR count). The van der Waals surface area contributed by atoms with Crippen LogP contribution in [-0.2, 0) is 16.4 Å². The van der Waals surface area contributed by atoms with Crippen molar-refractivity contribution in [3.63, 3.8) is 0 Å². The Morgan fingerprint density at radius 1 is 1.19 bits per heavy atom. The molecule has 110 valence electrons. The number of aryl methyl sites for hydroxylation is 1. The average Bonchev–Trinajstić information content (AvgIpc) is 2.54. The number of pyridine rings is 1. The maximum Gasteiger partial charge on any atom is 0.268 e. The van der Waals surface area contributed by atoms with Crippen molar-refractivity contribution in [2.24, 2.45) is 0 Å². The number of hydrogen-bond donors (Lipinski definition) is 1. The van der Waals surface area contributed by atoms with Gasteiger partial charge in [-0.2, -0.15) is 0 Å². The number of aromatic nitrogens is 1. The molecular weight excluding hydrogens is 286 g/mol. The van der Waals surface area contributed by atoms with E-state index in [4.69, 9.17) is 0 Å². The lowest BCUT2D eigenvalue weighted by Crippen LogP contribution is -2.35. The van der Waals surface area contributed by atoms with Crippen LogP contribution in [-0.4, -0.2) is 27.0 Å². The monoisotopic (exact) mass is 303 g/mol. The molecule has 0 radical (unpaired) electrons. The van der Waals surface area contributed by atoms with E-state index in [1.165, 1.54) is 4.31 Å². The molecule has 0 fully saturated rings. The summed E-state index contributed by atoms with van der Waals surface area (Å²) < 4.78 is 27.4. The van der Waals surface area contributed by atoms with Crippen molar-refractivity contribution in [3.8, 4) is 0 Å². The first-order chi connectivity index (χ1) is 10.1. The highest BCUT2D eigenvalue weighted by Crippen LogP contribution is 2.33. The number of rotatable bonds is 3. The fourth-order valence-electron chi connectivity index (χ4n) is 2.65. The zero-order valence-electron chi connectivity index (χ0n) is 11.8. The van der Waals surface area contributed by atoms with Gasteiger partial charge in [-0.1, -0.05) is 18.2 Å². The predicted molar refractivity (Wildman–Crippen MR) is 83.1 cm³/mol. The van der Waals surface area contributed by atoms with E-state index in [0.29, 0.717) is 12.4 Å². The van der Waals surface area contributed by atoms with Crippen LogP contribution < -0.4 is 9.62 Å². The molecule has 1 N–H and O–H groups in total. The summed E-state index contributed by atoms with van der Waals surface area (Å²) in [4.78, 5) is 4.31. The highest BCUT2D eigenvalue weighted by Gasteiger charge is 2.30. The Morgan fingerprint density at radius 2 is 2.00 bits per heavy atom. The third-order valence-electron chi connectivity index (χ3n) is 3.64. The Kier molecular flexibility index (Phi) is 3.55. The maximum absolute atomic E-state index is 13.0. The normalized spacial score (nSPS) is 14.6. The molecular formula is C15H17N3O2S. The molecule has 5 nitrogen and oxygen atoms in total. The molecule has 0 aliphatic carbocycles. The number of sulfonamides is 1. The molecule has 6 heteroatoms. The average molecular weight is 303 g/mol. The van der Waals surface area contributed by atoms with Crippen molar-refractivity contribution in [1.82, 2.24) is 4.98 Å². The highest BCUT2D eigenvalue weighted by atomic mass is 32.2. The van der Waals surface area contributed by atoms with Crippen LogP contribution in [0.3, 0.4) is 0 Å². The van der Waals surface area contributed by atoms with Gasteiger partial charge < -0.3 is 5.32 Å². The Labute approximate surface area is 124 Å². The number of nitrogens with one attached hydrogen (secondary N) is 1. The molecule has 0 unspecified atom stereocenters. The van der Waals surface area contributed by atoms with E-state index in [1.807, 2.05) is 24.3 Å². The minimum Gasteiger partial charge on any atom is -0.372 e. The molecule has 1 aliphatic heterocycles. The van der Waals surface area contributed by atoms with Gasteiger partial charge in [-0.15, -0.1) is 0 Å². The lowest BCUT2D eigenvalue weighted by Gasteiger charge is -2.30. The van der Waals surface area contributed by atoms with Crippen LogP contribution in [0.2, 0.25) is 0 Å². The second-order valence-corrected chi connectivity index (χ2v) is 6.74. The molecule has 1 aromatic carbocycles. The molecule has 2 aromatic rings. The summed E-state index contributed by atoms with van der Waals surface area (Å²) in [5.41, 5.74) is 1.84. The molecule has 1 aliphatic rings. The Morgan fingerprint density at radius 3 is 2.81 bits per heavy atom. The first kappa shape index (κ1) is 13.9. The second kappa shape index (κ2) is 5.37.